The minimum atomic E-state index is 0.689. The van der Waals surface area contributed by atoms with Gasteiger partial charge >= 0.3 is 0 Å². The Kier molecular flexibility index (Phi) is 5.90. The minimum absolute atomic E-state index is 0.689. The van der Waals surface area contributed by atoms with Gasteiger partial charge in [0.05, 0.1) is 29.5 Å². The molecule has 1 aromatic rings. The van der Waals surface area contributed by atoms with Crippen molar-refractivity contribution in [1.29, 1.82) is 0 Å². The maximum atomic E-state index is 5.04. The highest BCUT2D eigenvalue weighted by molar-refractivity contribution is 9.10. The van der Waals surface area contributed by atoms with Crippen molar-refractivity contribution in [1.82, 2.24) is 15.1 Å². The van der Waals surface area contributed by atoms with E-state index in [9.17, 15) is 0 Å². The summed E-state index contributed by atoms with van der Waals surface area (Å²) in [7, 11) is 1.70. The van der Waals surface area contributed by atoms with E-state index in [1.54, 1.807) is 7.11 Å². The lowest BCUT2D eigenvalue weighted by atomic mass is 10.4. The van der Waals surface area contributed by atoms with Crippen molar-refractivity contribution >= 4 is 15.9 Å². The lowest BCUT2D eigenvalue weighted by molar-refractivity contribution is 0.182. The van der Waals surface area contributed by atoms with Crippen molar-refractivity contribution in [3.05, 3.63) is 16.4 Å². The van der Waals surface area contributed by atoms with Crippen LogP contribution in [0.15, 0.2) is 10.7 Å². The van der Waals surface area contributed by atoms with Crippen molar-refractivity contribution in [3.8, 4) is 0 Å². The summed E-state index contributed by atoms with van der Waals surface area (Å²) in [5.74, 6) is 0. The predicted molar refractivity (Wildman–Crippen MR) is 63.8 cm³/mol. The molecule has 0 radical (unpaired) electrons. The number of methoxy groups -OCH3 is 1. The third-order valence-electron chi connectivity index (χ3n) is 2.12. The molecule has 0 fully saturated rings. The zero-order valence-corrected chi connectivity index (χ0v) is 10.9. The van der Waals surface area contributed by atoms with Crippen LogP contribution in [0.3, 0.4) is 0 Å². The number of halogens is 1. The average Bonchev–Trinajstić information content (AvgIpc) is 2.58. The molecule has 86 valence electrons. The minimum Gasteiger partial charge on any atom is -0.383 e. The molecule has 0 aliphatic rings. The van der Waals surface area contributed by atoms with Crippen LogP contribution in [0.4, 0.5) is 0 Å². The largest absolute Gasteiger partial charge is 0.383 e. The van der Waals surface area contributed by atoms with Gasteiger partial charge in [0.15, 0.2) is 0 Å². The number of nitrogens with zero attached hydrogens (tertiary/aromatic N) is 2. The first-order valence-electron chi connectivity index (χ1n) is 5.19. The van der Waals surface area contributed by atoms with E-state index in [-0.39, 0.29) is 0 Å². The van der Waals surface area contributed by atoms with Gasteiger partial charge in [-0.15, -0.1) is 0 Å². The number of hydrogen-bond donors (Lipinski definition) is 1. The van der Waals surface area contributed by atoms with Gasteiger partial charge in [-0.05, 0) is 28.9 Å². The number of ether oxygens (including phenoxy) is 1. The monoisotopic (exact) mass is 275 g/mol. The van der Waals surface area contributed by atoms with Crippen LogP contribution in [0.2, 0.25) is 0 Å². The average molecular weight is 276 g/mol. The molecule has 0 saturated heterocycles. The maximum Gasteiger partial charge on any atom is 0.0665 e. The topological polar surface area (TPSA) is 39.1 Å². The first-order chi connectivity index (χ1) is 7.29. The van der Waals surface area contributed by atoms with Crippen LogP contribution in [0, 0.1) is 0 Å². The fraction of sp³-hybridized carbons (Fsp3) is 0.700. The van der Waals surface area contributed by atoms with Gasteiger partial charge in [-0.2, -0.15) is 5.10 Å². The van der Waals surface area contributed by atoms with E-state index in [2.05, 4.69) is 33.3 Å². The molecule has 0 saturated carbocycles. The van der Waals surface area contributed by atoms with Gasteiger partial charge in [0, 0.05) is 13.7 Å². The first kappa shape index (κ1) is 12.7. The van der Waals surface area contributed by atoms with E-state index in [1.165, 1.54) is 5.69 Å². The summed E-state index contributed by atoms with van der Waals surface area (Å²) < 4.78 is 8.07. The molecule has 1 rings (SSSR count). The molecule has 0 unspecified atom stereocenters. The molecule has 0 aromatic carbocycles. The van der Waals surface area contributed by atoms with E-state index in [1.807, 2.05) is 10.9 Å². The highest BCUT2D eigenvalue weighted by atomic mass is 79.9. The van der Waals surface area contributed by atoms with Crippen LogP contribution >= 0.6 is 15.9 Å². The van der Waals surface area contributed by atoms with E-state index in [0.717, 1.165) is 30.5 Å². The Bertz CT molecular complexity index is 288. The fourth-order valence-electron chi connectivity index (χ4n) is 1.32. The second-order valence-corrected chi connectivity index (χ2v) is 4.19. The SMILES string of the molecule is CCCNCc1c(Br)cnn1CCOC. The van der Waals surface area contributed by atoms with E-state index >= 15 is 0 Å². The van der Waals surface area contributed by atoms with Gasteiger partial charge < -0.3 is 10.1 Å². The van der Waals surface area contributed by atoms with Gasteiger partial charge in [-0.25, -0.2) is 0 Å². The molecule has 1 aromatic heterocycles. The van der Waals surface area contributed by atoms with Crippen LogP contribution in [-0.2, 0) is 17.8 Å². The Labute approximate surface area is 99.1 Å². The summed E-state index contributed by atoms with van der Waals surface area (Å²) in [5.41, 5.74) is 1.18. The number of hydrogen-bond acceptors (Lipinski definition) is 3. The lowest BCUT2D eigenvalue weighted by Gasteiger charge is -2.08. The summed E-state index contributed by atoms with van der Waals surface area (Å²) in [6.07, 6.45) is 2.97. The van der Waals surface area contributed by atoms with Crippen molar-refractivity contribution in [3.63, 3.8) is 0 Å². The third kappa shape index (κ3) is 3.93. The highest BCUT2D eigenvalue weighted by Crippen LogP contribution is 2.15. The van der Waals surface area contributed by atoms with E-state index in [0.29, 0.717) is 6.61 Å². The van der Waals surface area contributed by atoms with Gasteiger partial charge in [-0.1, -0.05) is 6.92 Å². The molecule has 0 atom stereocenters. The lowest BCUT2D eigenvalue weighted by Crippen LogP contribution is -2.18. The quantitative estimate of drug-likeness (QED) is 0.772. The molecule has 1 N–H and O–H groups in total. The Morgan fingerprint density at radius 2 is 2.40 bits per heavy atom. The molecule has 1 heterocycles. The molecule has 0 bridgehead atoms. The standard InChI is InChI=1S/C10H18BrN3O/c1-3-4-12-8-10-9(11)7-13-14(10)5-6-15-2/h7,12H,3-6,8H2,1-2H3. The number of rotatable bonds is 7. The second kappa shape index (κ2) is 6.98. The maximum absolute atomic E-state index is 5.04. The van der Waals surface area contributed by atoms with Crippen LogP contribution in [0.5, 0.6) is 0 Å². The van der Waals surface area contributed by atoms with Crippen LogP contribution in [0.1, 0.15) is 19.0 Å². The van der Waals surface area contributed by atoms with Gasteiger partial charge in [-0.3, -0.25) is 4.68 Å². The van der Waals surface area contributed by atoms with E-state index < -0.39 is 0 Å². The molecule has 0 spiro atoms. The molecule has 4 nitrogen and oxygen atoms in total. The molecule has 5 heteroatoms. The molecular formula is C10H18BrN3O. The normalized spacial score (nSPS) is 10.9. The van der Waals surface area contributed by atoms with Crippen molar-refractivity contribution < 1.29 is 4.74 Å². The summed E-state index contributed by atoms with van der Waals surface area (Å²) in [6.45, 7) is 5.52. The van der Waals surface area contributed by atoms with Crippen LogP contribution in [0.25, 0.3) is 0 Å². The van der Waals surface area contributed by atoms with E-state index in [4.69, 9.17) is 4.74 Å². The summed E-state index contributed by atoms with van der Waals surface area (Å²) >= 11 is 3.50. The summed E-state index contributed by atoms with van der Waals surface area (Å²) in [4.78, 5) is 0. The molecular weight excluding hydrogens is 258 g/mol. The molecule has 0 amide bonds. The summed E-state index contributed by atoms with van der Waals surface area (Å²) in [6, 6.07) is 0. The van der Waals surface area contributed by atoms with Crippen LogP contribution < -0.4 is 5.32 Å². The van der Waals surface area contributed by atoms with Crippen molar-refractivity contribution in [2.24, 2.45) is 0 Å². The van der Waals surface area contributed by atoms with Gasteiger partial charge in [0.25, 0.3) is 0 Å². The zero-order valence-electron chi connectivity index (χ0n) is 9.29. The Hall–Kier alpha value is -0.390. The summed E-state index contributed by atoms with van der Waals surface area (Å²) in [5, 5.41) is 7.65. The zero-order chi connectivity index (χ0) is 11.1. The first-order valence-corrected chi connectivity index (χ1v) is 5.98. The third-order valence-corrected chi connectivity index (χ3v) is 2.79. The number of aromatic nitrogens is 2. The second-order valence-electron chi connectivity index (χ2n) is 3.33. The smallest absolute Gasteiger partial charge is 0.0665 e. The predicted octanol–water partition coefficient (Wildman–Crippen LogP) is 1.79. The molecule has 15 heavy (non-hydrogen) atoms. The Balaban J connectivity index is 2.54. The molecule has 0 aliphatic heterocycles. The van der Waals surface area contributed by atoms with Crippen LogP contribution in [-0.4, -0.2) is 30.0 Å². The number of nitrogens with one attached hydrogen (secondary N) is 1. The van der Waals surface area contributed by atoms with Crippen molar-refractivity contribution in [2.75, 3.05) is 20.3 Å². The van der Waals surface area contributed by atoms with Gasteiger partial charge in [0.2, 0.25) is 0 Å². The molecule has 0 aliphatic carbocycles. The Morgan fingerprint density at radius 1 is 1.60 bits per heavy atom. The fourth-order valence-corrected chi connectivity index (χ4v) is 1.75. The van der Waals surface area contributed by atoms with Crippen molar-refractivity contribution in [2.45, 2.75) is 26.4 Å². The van der Waals surface area contributed by atoms with Gasteiger partial charge in [0.1, 0.15) is 0 Å². The highest BCUT2D eigenvalue weighted by Gasteiger charge is 2.07. The Morgan fingerprint density at radius 3 is 3.07 bits per heavy atom.